The standard InChI is InChI=1S/C18H18N2O3S/c1-18(2,3)15-11-13(7-8-16(15)21)10-14(12-19)24(22,23)17-6-4-5-9-20-17/h4-11,21H,1-3H3/b14-10-. The number of sulfone groups is 1. The number of allylic oxidation sites excluding steroid dienone is 1. The molecule has 1 N–H and O–H groups in total. The normalized spacial score (nSPS) is 12.7. The first-order chi connectivity index (χ1) is 11.2. The fourth-order valence-electron chi connectivity index (χ4n) is 2.18. The van der Waals surface area contributed by atoms with E-state index >= 15 is 0 Å². The van der Waals surface area contributed by atoms with Gasteiger partial charge in [-0.1, -0.05) is 32.9 Å². The first-order valence-corrected chi connectivity index (χ1v) is 8.76. The van der Waals surface area contributed by atoms with Gasteiger partial charge in [0.05, 0.1) is 0 Å². The minimum atomic E-state index is -3.98. The summed E-state index contributed by atoms with van der Waals surface area (Å²) in [5.74, 6) is 0.130. The minimum Gasteiger partial charge on any atom is -0.508 e. The molecule has 2 rings (SSSR count). The van der Waals surface area contributed by atoms with Crippen LogP contribution >= 0.6 is 0 Å². The molecular weight excluding hydrogens is 324 g/mol. The number of rotatable bonds is 3. The maximum Gasteiger partial charge on any atom is 0.233 e. The second-order valence-corrected chi connectivity index (χ2v) is 8.18. The van der Waals surface area contributed by atoms with Crippen molar-refractivity contribution in [1.82, 2.24) is 4.98 Å². The highest BCUT2D eigenvalue weighted by molar-refractivity contribution is 7.95. The lowest BCUT2D eigenvalue weighted by atomic mass is 9.85. The molecule has 0 aliphatic heterocycles. The van der Waals surface area contributed by atoms with E-state index in [0.717, 1.165) is 0 Å². The number of nitriles is 1. The van der Waals surface area contributed by atoms with Gasteiger partial charge in [-0.15, -0.1) is 0 Å². The van der Waals surface area contributed by atoms with Crippen LogP contribution in [-0.2, 0) is 15.3 Å². The van der Waals surface area contributed by atoms with Crippen LogP contribution in [0.2, 0.25) is 0 Å². The molecule has 1 heterocycles. The summed E-state index contributed by atoms with van der Waals surface area (Å²) >= 11 is 0. The Morgan fingerprint density at radius 1 is 1.25 bits per heavy atom. The summed E-state index contributed by atoms with van der Waals surface area (Å²) in [5.41, 5.74) is 0.873. The average molecular weight is 342 g/mol. The smallest absolute Gasteiger partial charge is 0.233 e. The van der Waals surface area contributed by atoms with Crippen LogP contribution in [0.4, 0.5) is 0 Å². The van der Waals surface area contributed by atoms with Crippen molar-refractivity contribution in [3.05, 3.63) is 58.6 Å². The first-order valence-electron chi connectivity index (χ1n) is 7.27. The van der Waals surface area contributed by atoms with Crippen molar-refractivity contribution in [2.75, 3.05) is 0 Å². The Hall–Kier alpha value is -2.65. The number of phenols is 1. The quantitative estimate of drug-likeness (QED) is 0.863. The Bertz CT molecular complexity index is 919. The van der Waals surface area contributed by atoms with Crippen LogP contribution in [0.15, 0.2) is 52.5 Å². The molecule has 0 saturated carbocycles. The summed E-state index contributed by atoms with van der Waals surface area (Å²) in [6, 6.07) is 11.0. The fourth-order valence-corrected chi connectivity index (χ4v) is 3.28. The van der Waals surface area contributed by atoms with E-state index in [1.165, 1.54) is 24.4 Å². The molecule has 0 amide bonds. The number of aromatic hydroxyl groups is 1. The summed E-state index contributed by atoms with van der Waals surface area (Å²) in [4.78, 5) is 3.42. The molecule has 2 aromatic rings. The Labute approximate surface area is 141 Å². The summed E-state index contributed by atoms with van der Waals surface area (Å²) in [5, 5.41) is 19.1. The van der Waals surface area contributed by atoms with Gasteiger partial charge in [0, 0.05) is 6.20 Å². The SMILES string of the molecule is CC(C)(C)c1cc(/C=C(/C#N)S(=O)(=O)c2ccccn2)ccc1O. The van der Waals surface area contributed by atoms with Crippen molar-refractivity contribution in [3.8, 4) is 11.8 Å². The van der Waals surface area contributed by atoms with E-state index < -0.39 is 14.7 Å². The largest absolute Gasteiger partial charge is 0.508 e. The molecule has 124 valence electrons. The van der Waals surface area contributed by atoms with Crippen molar-refractivity contribution >= 4 is 15.9 Å². The van der Waals surface area contributed by atoms with Gasteiger partial charge < -0.3 is 5.11 Å². The molecule has 0 bridgehead atoms. The van der Waals surface area contributed by atoms with Gasteiger partial charge in [0.25, 0.3) is 0 Å². The Balaban J connectivity index is 2.55. The van der Waals surface area contributed by atoms with Gasteiger partial charge in [0.15, 0.2) is 9.93 Å². The second kappa shape index (κ2) is 6.46. The van der Waals surface area contributed by atoms with Crippen LogP contribution < -0.4 is 0 Å². The Morgan fingerprint density at radius 2 is 1.96 bits per heavy atom. The van der Waals surface area contributed by atoms with E-state index in [9.17, 15) is 18.8 Å². The van der Waals surface area contributed by atoms with Crippen molar-refractivity contribution in [1.29, 1.82) is 5.26 Å². The third-order valence-electron chi connectivity index (χ3n) is 3.44. The zero-order valence-electron chi connectivity index (χ0n) is 13.7. The fraction of sp³-hybridized carbons (Fsp3) is 0.222. The predicted octanol–water partition coefficient (Wildman–Crippen LogP) is 3.42. The number of phenolic OH excluding ortho intramolecular Hbond substituents is 1. The van der Waals surface area contributed by atoms with E-state index in [1.54, 1.807) is 30.3 Å². The van der Waals surface area contributed by atoms with E-state index in [4.69, 9.17) is 0 Å². The Kier molecular flexibility index (Phi) is 4.76. The molecule has 0 unspecified atom stereocenters. The molecule has 6 heteroatoms. The minimum absolute atomic E-state index is 0.130. The van der Waals surface area contributed by atoms with Gasteiger partial charge in [-0.25, -0.2) is 13.4 Å². The number of nitrogens with zero attached hydrogens (tertiary/aromatic N) is 2. The lowest BCUT2D eigenvalue weighted by molar-refractivity contribution is 0.446. The molecule has 0 fully saturated rings. The lowest BCUT2D eigenvalue weighted by Gasteiger charge is -2.20. The summed E-state index contributed by atoms with van der Waals surface area (Å²) < 4.78 is 25.0. The molecule has 0 radical (unpaired) electrons. The third-order valence-corrected chi connectivity index (χ3v) is 5.02. The van der Waals surface area contributed by atoms with Crippen LogP contribution in [0.25, 0.3) is 6.08 Å². The van der Waals surface area contributed by atoms with Crippen LogP contribution in [0.3, 0.4) is 0 Å². The van der Waals surface area contributed by atoms with Crippen LogP contribution in [-0.4, -0.2) is 18.5 Å². The highest BCUT2D eigenvalue weighted by Crippen LogP contribution is 2.32. The molecule has 0 atom stereocenters. The maximum atomic E-state index is 12.5. The number of aromatic nitrogens is 1. The molecule has 0 aliphatic carbocycles. The summed E-state index contributed by atoms with van der Waals surface area (Å²) in [7, 11) is -3.98. The molecule has 5 nitrogen and oxygen atoms in total. The van der Waals surface area contributed by atoms with Crippen molar-refractivity contribution in [3.63, 3.8) is 0 Å². The first kappa shape index (κ1) is 17.7. The van der Waals surface area contributed by atoms with Gasteiger partial charge in [-0.2, -0.15) is 5.26 Å². The van der Waals surface area contributed by atoms with E-state index in [-0.39, 0.29) is 16.2 Å². The maximum absolute atomic E-state index is 12.5. The zero-order valence-corrected chi connectivity index (χ0v) is 14.5. The van der Waals surface area contributed by atoms with Crippen molar-refractivity contribution in [2.45, 2.75) is 31.2 Å². The van der Waals surface area contributed by atoms with Gasteiger partial charge in [0.2, 0.25) is 9.84 Å². The number of benzene rings is 1. The summed E-state index contributed by atoms with van der Waals surface area (Å²) in [6.45, 7) is 5.81. The topological polar surface area (TPSA) is 91.0 Å². The van der Waals surface area contributed by atoms with Gasteiger partial charge in [-0.05, 0) is 46.9 Å². The van der Waals surface area contributed by atoms with Crippen molar-refractivity contribution < 1.29 is 13.5 Å². The highest BCUT2D eigenvalue weighted by atomic mass is 32.2. The van der Waals surface area contributed by atoms with Gasteiger partial charge in [-0.3, -0.25) is 0 Å². The molecule has 24 heavy (non-hydrogen) atoms. The van der Waals surface area contributed by atoms with Crippen LogP contribution in [0, 0.1) is 11.3 Å². The molecule has 0 spiro atoms. The zero-order chi connectivity index (χ0) is 18.0. The van der Waals surface area contributed by atoms with Gasteiger partial charge >= 0.3 is 0 Å². The lowest BCUT2D eigenvalue weighted by Crippen LogP contribution is -2.11. The molecular formula is C18H18N2O3S. The number of hydrogen-bond acceptors (Lipinski definition) is 5. The number of pyridine rings is 1. The molecule has 0 saturated heterocycles. The van der Waals surface area contributed by atoms with Crippen LogP contribution in [0.5, 0.6) is 5.75 Å². The van der Waals surface area contributed by atoms with Crippen LogP contribution in [0.1, 0.15) is 31.9 Å². The second-order valence-electron chi connectivity index (χ2n) is 6.32. The van der Waals surface area contributed by atoms with E-state index in [2.05, 4.69) is 4.98 Å². The monoisotopic (exact) mass is 342 g/mol. The van der Waals surface area contributed by atoms with E-state index in [1.807, 2.05) is 20.8 Å². The molecule has 1 aromatic carbocycles. The third kappa shape index (κ3) is 3.63. The Morgan fingerprint density at radius 3 is 2.50 bits per heavy atom. The summed E-state index contributed by atoms with van der Waals surface area (Å²) in [6.07, 6.45) is 2.65. The average Bonchev–Trinajstić information content (AvgIpc) is 2.53. The van der Waals surface area contributed by atoms with E-state index in [0.29, 0.717) is 11.1 Å². The molecule has 0 aliphatic rings. The predicted molar refractivity (Wildman–Crippen MR) is 91.8 cm³/mol. The van der Waals surface area contributed by atoms with Gasteiger partial charge in [0.1, 0.15) is 11.8 Å². The number of hydrogen-bond donors (Lipinski definition) is 1. The van der Waals surface area contributed by atoms with Crippen molar-refractivity contribution in [2.24, 2.45) is 0 Å². The highest BCUT2D eigenvalue weighted by Gasteiger charge is 2.23. The molecule has 1 aromatic heterocycles.